The third kappa shape index (κ3) is 3.14. The van der Waals surface area contributed by atoms with Gasteiger partial charge in [-0.15, -0.1) is 0 Å². The molecule has 0 saturated carbocycles. The first-order chi connectivity index (χ1) is 9.61. The maximum absolute atomic E-state index is 10.9. The molecular weight excluding hydrogens is 284 g/mol. The van der Waals surface area contributed by atoms with Gasteiger partial charge in [-0.2, -0.15) is 4.98 Å². The Morgan fingerprint density at radius 3 is 2.75 bits per heavy atom. The number of aromatic nitrogens is 1. The molecule has 7 nitrogen and oxygen atoms in total. The minimum atomic E-state index is -0.574. The summed E-state index contributed by atoms with van der Waals surface area (Å²) in [5, 5.41) is 11.4. The van der Waals surface area contributed by atoms with Gasteiger partial charge in [-0.1, -0.05) is 29.8 Å². The lowest BCUT2D eigenvalue weighted by Crippen LogP contribution is -2.10. The van der Waals surface area contributed by atoms with Crippen molar-refractivity contribution in [3.63, 3.8) is 0 Å². The van der Waals surface area contributed by atoms with Crippen LogP contribution in [0.25, 0.3) is 0 Å². The molecule has 0 aliphatic carbocycles. The molecule has 0 spiro atoms. The number of hydrazine groups is 1. The normalized spacial score (nSPS) is 10.1. The molecule has 0 amide bonds. The van der Waals surface area contributed by atoms with Gasteiger partial charge in [0.1, 0.15) is 12.4 Å². The number of nitrogens with two attached hydrogens (primary N) is 1. The van der Waals surface area contributed by atoms with E-state index in [2.05, 4.69) is 10.4 Å². The maximum atomic E-state index is 10.9. The van der Waals surface area contributed by atoms with Crippen LogP contribution in [0.5, 0.6) is 5.88 Å². The number of nitrogens with zero attached hydrogens (tertiary/aromatic N) is 2. The molecule has 2 aromatic rings. The number of nitro groups is 1. The van der Waals surface area contributed by atoms with Crippen molar-refractivity contribution in [1.82, 2.24) is 4.98 Å². The van der Waals surface area contributed by atoms with Crippen LogP contribution >= 0.6 is 11.6 Å². The Morgan fingerprint density at radius 1 is 1.35 bits per heavy atom. The molecule has 0 aliphatic rings. The first-order valence-corrected chi connectivity index (χ1v) is 5.98. The van der Waals surface area contributed by atoms with Gasteiger partial charge >= 0.3 is 5.69 Å². The molecule has 2 rings (SSSR count). The summed E-state index contributed by atoms with van der Waals surface area (Å²) < 4.78 is 5.38. The Balaban J connectivity index is 2.24. The average molecular weight is 295 g/mol. The molecule has 0 saturated heterocycles. The number of pyridine rings is 1. The number of hydrogen-bond donors (Lipinski definition) is 2. The maximum Gasteiger partial charge on any atom is 0.331 e. The summed E-state index contributed by atoms with van der Waals surface area (Å²) in [6.45, 7) is 0.0710. The second kappa shape index (κ2) is 6.18. The third-order valence-electron chi connectivity index (χ3n) is 2.51. The molecule has 0 radical (unpaired) electrons. The topological polar surface area (TPSA) is 103 Å². The molecule has 0 atom stereocenters. The second-order valence-corrected chi connectivity index (χ2v) is 4.21. The lowest BCUT2D eigenvalue weighted by Gasteiger charge is -2.08. The highest BCUT2D eigenvalue weighted by Gasteiger charge is 2.18. The monoisotopic (exact) mass is 294 g/mol. The summed E-state index contributed by atoms with van der Waals surface area (Å²) in [7, 11) is 0. The summed E-state index contributed by atoms with van der Waals surface area (Å²) in [6, 6.07) is 9.71. The quantitative estimate of drug-likeness (QED) is 0.499. The van der Waals surface area contributed by atoms with Crippen LogP contribution in [-0.4, -0.2) is 9.91 Å². The number of ether oxygens (including phenoxy) is 1. The second-order valence-electron chi connectivity index (χ2n) is 3.80. The van der Waals surface area contributed by atoms with Gasteiger partial charge < -0.3 is 10.2 Å². The lowest BCUT2D eigenvalue weighted by atomic mass is 10.2. The summed E-state index contributed by atoms with van der Waals surface area (Å²) in [5.41, 5.74) is 2.77. The van der Waals surface area contributed by atoms with Crippen molar-refractivity contribution >= 4 is 23.1 Å². The zero-order chi connectivity index (χ0) is 14.5. The molecule has 104 valence electrons. The third-order valence-corrected chi connectivity index (χ3v) is 2.88. The average Bonchev–Trinajstić information content (AvgIpc) is 2.46. The van der Waals surface area contributed by atoms with E-state index in [0.29, 0.717) is 10.6 Å². The number of nitrogen functional groups attached to an aromatic ring is 1. The number of nitrogens with one attached hydrogen (secondary N) is 1. The SMILES string of the molecule is NNc1ccc([N+](=O)[O-])c(OCc2ccccc2Cl)n1. The van der Waals surface area contributed by atoms with E-state index in [1.807, 2.05) is 0 Å². The van der Waals surface area contributed by atoms with Crippen molar-refractivity contribution < 1.29 is 9.66 Å². The molecule has 0 fully saturated rings. The van der Waals surface area contributed by atoms with Crippen LogP contribution in [0.1, 0.15) is 5.56 Å². The van der Waals surface area contributed by atoms with E-state index in [-0.39, 0.29) is 24.0 Å². The Hall–Kier alpha value is -2.38. The highest BCUT2D eigenvalue weighted by atomic mass is 35.5. The first-order valence-electron chi connectivity index (χ1n) is 5.60. The van der Waals surface area contributed by atoms with Crippen LogP contribution in [0.4, 0.5) is 11.5 Å². The standard InChI is InChI=1S/C12H11ClN4O3/c13-9-4-2-1-3-8(9)7-20-12-10(17(18)19)5-6-11(15-12)16-14/h1-6H,7,14H2,(H,15,16). The van der Waals surface area contributed by atoms with Gasteiger partial charge in [-0.05, 0) is 12.1 Å². The van der Waals surface area contributed by atoms with E-state index >= 15 is 0 Å². The lowest BCUT2D eigenvalue weighted by molar-refractivity contribution is -0.386. The van der Waals surface area contributed by atoms with E-state index in [4.69, 9.17) is 22.2 Å². The molecule has 20 heavy (non-hydrogen) atoms. The molecule has 0 bridgehead atoms. The number of benzene rings is 1. The summed E-state index contributed by atoms with van der Waals surface area (Å²) in [4.78, 5) is 14.2. The Morgan fingerprint density at radius 2 is 2.10 bits per heavy atom. The predicted molar refractivity (Wildman–Crippen MR) is 74.5 cm³/mol. The molecule has 1 heterocycles. The van der Waals surface area contributed by atoms with E-state index in [1.165, 1.54) is 12.1 Å². The van der Waals surface area contributed by atoms with E-state index in [0.717, 1.165) is 0 Å². The Labute approximate surface area is 119 Å². The van der Waals surface area contributed by atoms with E-state index < -0.39 is 4.92 Å². The van der Waals surface area contributed by atoms with Crippen molar-refractivity contribution in [2.24, 2.45) is 5.84 Å². The molecule has 0 aliphatic heterocycles. The number of rotatable bonds is 5. The van der Waals surface area contributed by atoms with E-state index in [1.54, 1.807) is 24.3 Å². The van der Waals surface area contributed by atoms with Gasteiger partial charge in [0.2, 0.25) is 0 Å². The molecule has 1 aromatic carbocycles. The molecular formula is C12H11ClN4O3. The van der Waals surface area contributed by atoms with Crippen LogP contribution in [0.15, 0.2) is 36.4 Å². The van der Waals surface area contributed by atoms with Crippen LogP contribution in [-0.2, 0) is 6.61 Å². The number of anilines is 1. The van der Waals surface area contributed by atoms with Crippen molar-refractivity contribution in [2.75, 3.05) is 5.43 Å². The summed E-state index contributed by atoms with van der Waals surface area (Å²) in [5.74, 6) is 5.37. The fraction of sp³-hybridized carbons (Fsp3) is 0.0833. The van der Waals surface area contributed by atoms with Gasteiger partial charge in [-0.3, -0.25) is 10.1 Å². The predicted octanol–water partition coefficient (Wildman–Crippen LogP) is 2.51. The zero-order valence-electron chi connectivity index (χ0n) is 10.2. The Bertz CT molecular complexity index is 636. The van der Waals surface area contributed by atoms with Crippen LogP contribution in [0.2, 0.25) is 5.02 Å². The minimum absolute atomic E-state index is 0.0710. The van der Waals surface area contributed by atoms with Gasteiger partial charge in [0, 0.05) is 16.7 Å². The van der Waals surface area contributed by atoms with Crippen molar-refractivity contribution in [3.05, 3.63) is 57.1 Å². The largest absolute Gasteiger partial charge is 0.468 e. The highest BCUT2D eigenvalue weighted by Crippen LogP contribution is 2.27. The zero-order valence-corrected chi connectivity index (χ0v) is 11.0. The minimum Gasteiger partial charge on any atom is -0.468 e. The highest BCUT2D eigenvalue weighted by molar-refractivity contribution is 6.31. The van der Waals surface area contributed by atoms with Crippen molar-refractivity contribution in [2.45, 2.75) is 6.61 Å². The number of halogens is 1. The van der Waals surface area contributed by atoms with Crippen molar-refractivity contribution in [1.29, 1.82) is 0 Å². The first kappa shape index (κ1) is 14.0. The smallest absolute Gasteiger partial charge is 0.331 e. The van der Waals surface area contributed by atoms with Crippen molar-refractivity contribution in [3.8, 4) is 5.88 Å². The molecule has 3 N–H and O–H groups in total. The molecule has 1 aromatic heterocycles. The fourth-order valence-electron chi connectivity index (χ4n) is 1.52. The van der Waals surface area contributed by atoms with Crippen LogP contribution < -0.4 is 16.0 Å². The van der Waals surface area contributed by atoms with E-state index in [9.17, 15) is 10.1 Å². The van der Waals surface area contributed by atoms with Gasteiger partial charge in [0.25, 0.3) is 5.88 Å². The van der Waals surface area contributed by atoms with Gasteiger partial charge in [0.15, 0.2) is 0 Å². The summed E-state index contributed by atoms with van der Waals surface area (Å²) in [6.07, 6.45) is 0. The van der Waals surface area contributed by atoms with Gasteiger partial charge in [0.05, 0.1) is 4.92 Å². The van der Waals surface area contributed by atoms with Crippen LogP contribution in [0.3, 0.4) is 0 Å². The fourth-order valence-corrected chi connectivity index (χ4v) is 1.71. The molecule has 8 heteroatoms. The summed E-state index contributed by atoms with van der Waals surface area (Å²) >= 11 is 5.98. The van der Waals surface area contributed by atoms with Gasteiger partial charge in [-0.25, -0.2) is 5.84 Å². The molecule has 0 unspecified atom stereocenters. The van der Waals surface area contributed by atoms with Crippen LogP contribution in [0, 0.1) is 10.1 Å². The Kier molecular flexibility index (Phi) is 4.34. The number of hydrogen-bond acceptors (Lipinski definition) is 6.